The van der Waals surface area contributed by atoms with Crippen molar-refractivity contribution in [1.82, 2.24) is 9.97 Å². The molecule has 0 atom stereocenters. The van der Waals surface area contributed by atoms with E-state index in [2.05, 4.69) is 15.4 Å². The van der Waals surface area contributed by atoms with Crippen LogP contribution in [0.25, 0.3) is 0 Å². The molecule has 0 amide bonds. The van der Waals surface area contributed by atoms with E-state index in [1.165, 1.54) is 0 Å². The van der Waals surface area contributed by atoms with Crippen LogP contribution in [-0.4, -0.2) is 9.97 Å². The lowest BCUT2D eigenvalue weighted by Gasteiger charge is -2.12. The predicted molar refractivity (Wildman–Crippen MR) is 73.1 cm³/mol. The number of hydrogen-bond acceptors (Lipinski definition) is 5. The highest BCUT2D eigenvalue weighted by Gasteiger charge is 2.28. The van der Waals surface area contributed by atoms with Crippen molar-refractivity contribution >= 4 is 5.82 Å². The number of ether oxygens (including phenoxy) is 1. The van der Waals surface area contributed by atoms with Gasteiger partial charge in [-0.05, 0) is 31.9 Å². The molecule has 1 fully saturated rings. The first-order chi connectivity index (χ1) is 9.28. The Morgan fingerprint density at radius 2 is 1.95 bits per heavy atom. The molecule has 3 N–H and O–H groups in total. The topological polar surface area (TPSA) is 73.1 Å². The minimum absolute atomic E-state index is 0.450. The Labute approximate surface area is 111 Å². The lowest BCUT2D eigenvalue weighted by atomic mass is 10.3. The number of rotatable bonds is 4. The number of aromatic nitrogens is 2. The Bertz CT molecular complexity index is 581. The van der Waals surface area contributed by atoms with E-state index in [-0.39, 0.29) is 0 Å². The highest BCUT2D eigenvalue weighted by molar-refractivity contribution is 5.49. The number of nitrogen functional groups attached to an aromatic ring is 1. The van der Waals surface area contributed by atoms with Crippen LogP contribution in [0.2, 0.25) is 0 Å². The maximum Gasteiger partial charge on any atom is 0.227 e. The molecular weight excluding hydrogens is 240 g/mol. The molecule has 0 unspecified atom stereocenters. The zero-order valence-electron chi connectivity index (χ0n) is 10.8. The Hall–Kier alpha value is -2.14. The van der Waals surface area contributed by atoms with Gasteiger partial charge in [-0.25, -0.2) is 10.8 Å². The zero-order valence-corrected chi connectivity index (χ0v) is 10.8. The third-order valence-corrected chi connectivity index (χ3v) is 3.16. The van der Waals surface area contributed by atoms with Crippen LogP contribution in [0.4, 0.5) is 5.82 Å². The van der Waals surface area contributed by atoms with Crippen molar-refractivity contribution in [1.29, 1.82) is 0 Å². The molecule has 98 valence electrons. The molecule has 1 heterocycles. The fourth-order valence-electron chi connectivity index (χ4n) is 1.88. The molecule has 0 aliphatic heterocycles. The van der Waals surface area contributed by atoms with Crippen molar-refractivity contribution < 1.29 is 4.74 Å². The number of hydrogen-bond donors (Lipinski definition) is 2. The minimum Gasteiger partial charge on any atom is -0.439 e. The van der Waals surface area contributed by atoms with Gasteiger partial charge in [-0.15, -0.1) is 0 Å². The molecule has 5 nitrogen and oxygen atoms in total. The Kier molecular flexibility index (Phi) is 3.05. The van der Waals surface area contributed by atoms with E-state index >= 15 is 0 Å². The monoisotopic (exact) mass is 256 g/mol. The third kappa shape index (κ3) is 2.51. The van der Waals surface area contributed by atoms with Crippen LogP contribution in [0.15, 0.2) is 30.3 Å². The van der Waals surface area contributed by atoms with E-state index in [0.717, 1.165) is 30.0 Å². The number of nitrogens with zero attached hydrogens (tertiary/aromatic N) is 2. The first-order valence-electron chi connectivity index (χ1n) is 6.36. The van der Waals surface area contributed by atoms with Crippen molar-refractivity contribution in [2.24, 2.45) is 5.84 Å². The lowest BCUT2D eigenvalue weighted by Crippen LogP contribution is -2.13. The molecule has 1 aromatic heterocycles. The first kappa shape index (κ1) is 11.9. The summed E-state index contributed by atoms with van der Waals surface area (Å²) in [7, 11) is 0. The first-order valence-corrected chi connectivity index (χ1v) is 6.36. The van der Waals surface area contributed by atoms with E-state index in [4.69, 9.17) is 10.6 Å². The smallest absolute Gasteiger partial charge is 0.227 e. The predicted octanol–water partition coefficient (Wildman–Crippen LogP) is 2.74. The Balaban J connectivity index is 1.97. The Morgan fingerprint density at radius 3 is 2.58 bits per heavy atom. The van der Waals surface area contributed by atoms with E-state index < -0.39 is 0 Å². The second kappa shape index (κ2) is 4.85. The summed E-state index contributed by atoms with van der Waals surface area (Å²) in [6.07, 6.45) is 2.27. The normalized spacial score (nSPS) is 14.2. The second-order valence-electron chi connectivity index (χ2n) is 4.69. The molecule has 1 aromatic carbocycles. The minimum atomic E-state index is 0.450. The van der Waals surface area contributed by atoms with Gasteiger partial charge in [0.1, 0.15) is 11.6 Å². The van der Waals surface area contributed by atoms with Gasteiger partial charge in [-0.1, -0.05) is 18.2 Å². The summed E-state index contributed by atoms with van der Waals surface area (Å²) in [5.74, 6) is 8.72. The fourth-order valence-corrected chi connectivity index (χ4v) is 1.88. The molecular formula is C14H16N4O. The van der Waals surface area contributed by atoms with Crippen molar-refractivity contribution in [3.8, 4) is 11.6 Å². The van der Waals surface area contributed by atoms with Gasteiger partial charge in [-0.2, -0.15) is 4.98 Å². The van der Waals surface area contributed by atoms with Gasteiger partial charge < -0.3 is 10.2 Å². The third-order valence-electron chi connectivity index (χ3n) is 3.16. The average molecular weight is 256 g/mol. The number of hydrazine groups is 1. The van der Waals surface area contributed by atoms with Crippen LogP contribution >= 0.6 is 0 Å². The standard InChI is InChI=1S/C14H16N4O/c1-9-12(18-15)16-13(10-7-8-10)17-14(9)19-11-5-3-2-4-6-11/h2-6,10H,7-8,15H2,1H3,(H,16,17,18). The van der Waals surface area contributed by atoms with Gasteiger partial charge in [-0.3, -0.25) is 0 Å². The van der Waals surface area contributed by atoms with Gasteiger partial charge in [0, 0.05) is 5.92 Å². The summed E-state index contributed by atoms with van der Waals surface area (Å²) >= 11 is 0. The molecule has 2 aromatic rings. The highest BCUT2D eigenvalue weighted by Crippen LogP contribution is 2.40. The van der Waals surface area contributed by atoms with Gasteiger partial charge >= 0.3 is 0 Å². The molecule has 1 aliphatic carbocycles. The maximum absolute atomic E-state index is 5.82. The number of para-hydroxylation sites is 1. The average Bonchev–Trinajstić information content (AvgIpc) is 3.27. The van der Waals surface area contributed by atoms with Crippen molar-refractivity contribution in [3.63, 3.8) is 0 Å². The van der Waals surface area contributed by atoms with Gasteiger partial charge in [0.25, 0.3) is 0 Å². The number of nitrogens with two attached hydrogens (primary N) is 1. The highest BCUT2D eigenvalue weighted by atomic mass is 16.5. The number of nitrogens with one attached hydrogen (secondary N) is 1. The molecule has 0 bridgehead atoms. The van der Waals surface area contributed by atoms with Gasteiger partial charge in [0.2, 0.25) is 5.88 Å². The quantitative estimate of drug-likeness (QED) is 0.650. The molecule has 5 heteroatoms. The molecule has 0 saturated heterocycles. The van der Waals surface area contributed by atoms with E-state index in [1.807, 2.05) is 37.3 Å². The molecule has 0 radical (unpaired) electrons. The lowest BCUT2D eigenvalue weighted by molar-refractivity contribution is 0.455. The number of benzene rings is 1. The van der Waals surface area contributed by atoms with Crippen molar-refractivity contribution in [3.05, 3.63) is 41.7 Å². The summed E-state index contributed by atoms with van der Waals surface area (Å²) in [6.45, 7) is 1.89. The summed E-state index contributed by atoms with van der Waals surface area (Å²) in [5, 5.41) is 0. The molecule has 19 heavy (non-hydrogen) atoms. The van der Waals surface area contributed by atoms with Gasteiger partial charge in [0.05, 0.1) is 5.56 Å². The van der Waals surface area contributed by atoms with Crippen LogP contribution in [0, 0.1) is 6.92 Å². The summed E-state index contributed by atoms with van der Waals surface area (Å²) in [5.41, 5.74) is 3.43. The van der Waals surface area contributed by atoms with Crippen LogP contribution < -0.4 is 16.0 Å². The van der Waals surface area contributed by atoms with Crippen LogP contribution in [0.3, 0.4) is 0 Å². The zero-order chi connectivity index (χ0) is 13.2. The van der Waals surface area contributed by atoms with E-state index in [9.17, 15) is 0 Å². The summed E-state index contributed by atoms with van der Waals surface area (Å²) in [4.78, 5) is 8.94. The molecule has 1 aliphatic rings. The van der Waals surface area contributed by atoms with Crippen LogP contribution in [0.5, 0.6) is 11.6 Å². The van der Waals surface area contributed by atoms with Crippen molar-refractivity contribution in [2.45, 2.75) is 25.7 Å². The van der Waals surface area contributed by atoms with Crippen molar-refractivity contribution in [2.75, 3.05) is 5.43 Å². The van der Waals surface area contributed by atoms with E-state index in [1.54, 1.807) is 0 Å². The fraction of sp³-hybridized carbons (Fsp3) is 0.286. The Morgan fingerprint density at radius 1 is 1.21 bits per heavy atom. The number of anilines is 1. The molecule has 3 rings (SSSR count). The van der Waals surface area contributed by atoms with Crippen LogP contribution in [0.1, 0.15) is 30.1 Å². The van der Waals surface area contributed by atoms with Crippen LogP contribution in [-0.2, 0) is 0 Å². The second-order valence-corrected chi connectivity index (χ2v) is 4.69. The molecule has 1 saturated carbocycles. The van der Waals surface area contributed by atoms with Gasteiger partial charge in [0.15, 0.2) is 5.82 Å². The SMILES string of the molecule is Cc1c(NN)nc(C2CC2)nc1Oc1ccccc1. The van der Waals surface area contributed by atoms with E-state index in [0.29, 0.717) is 17.6 Å². The largest absolute Gasteiger partial charge is 0.439 e. The summed E-state index contributed by atoms with van der Waals surface area (Å²) in [6, 6.07) is 9.59. The maximum atomic E-state index is 5.82. The summed E-state index contributed by atoms with van der Waals surface area (Å²) < 4.78 is 5.82. The molecule has 0 spiro atoms.